The van der Waals surface area contributed by atoms with Crippen molar-refractivity contribution in [3.05, 3.63) is 12.7 Å². The molecule has 0 aromatic carbocycles. The first kappa shape index (κ1) is 8.75. The lowest BCUT2D eigenvalue weighted by Crippen LogP contribution is -2.23. The fourth-order valence-corrected chi connectivity index (χ4v) is 1.52. The van der Waals surface area contributed by atoms with E-state index in [0.717, 1.165) is 19.6 Å². The van der Waals surface area contributed by atoms with Crippen molar-refractivity contribution in [3.8, 4) is 0 Å². The van der Waals surface area contributed by atoms with Gasteiger partial charge in [0, 0.05) is 12.0 Å². The average Bonchev–Trinajstić information content (AvgIpc) is 2.35. The van der Waals surface area contributed by atoms with Gasteiger partial charge in [-0.05, 0) is 12.3 Å². The first-order valence-electron chi connectivity index (χ1n) is 4.05. The van der Waals surface area contributed by atoms with E-state index in [1.54, 1.807) is 0 Å². The molecule has 0 aromatic heterocycles. The lowest BCUT2D eigenvalue weighted by atomic mass is 9.78. The summed E-state index contributed by atoms with van der Waals surface area (Å²) in [4.78, 5) is 0. The number of rotatable bonds is 3. The minimum Gasteiger partial charge on any atom is -0.396 e. The topological polar surface area (TPSA) is 29.5 Å². The molecule has 64 valence electrons. The van der Waals surface area contributed by atoms with Gasteiger partial charge in [-0.25, -0.2) is 0 Å². The molecule has 0 radical (unpaired) electrons. The predicted molar refractivity (Wildman–Crippen MR) is 44.3 cm³/mol. The van der Waals surface area contributed by atoms with Crippen LogP contribution in [0.5, 0.6) is 0 Å². The number of aliphatic hydroxyl groups excluding tert-OH is 1. The quantitative estimate of drug-likeness (QED) is 0.622. The van der Waals surface area contributed by atoms with Crippen LogP contribution in [-0.2, 0) is 4.74 Å². The summed E-state index contributed by atoms with van der Waals surface area (Å²) < 4.78 is 5.33. The van der Waals surface area contributed by atoms with Crippen LogP contribution in [0, 0.1) is 11.3 Å². The third kappa shape index (κ3) is 1.63. The van der Waals surface area contributed by atoms with Crippen molar-refractivity contribution >= 4 is 0 Å². The van der Waals surface area contributed by atoms with Crippen molar-refractivity contribution in [2.45, 2.75) is 13.3 Å². The smallest absolute Gasteiger partial charge is 0.0557 e. The largest absolute Gasteiger partial charge is 0.396 e. The molecule has 1 saturated heterocycles. The monoisotopic (exact) mass is 156 g/mol. The third-order valence-corrected chi connectivity index (χ3v) is 2.61. The zero-order chi connectivity index (χ0) is 8.32. The molecule has 2 atom stereocenters. The molecule has 0 aromatic rings. The SMILES string of the molecule is C=C[C@]1(C)COC[C@@H]1CCO. The van der Waals surface area contributed by atoms with Gasteiger partial charge in [-0.3, -0.25) is 0 Å². The fourth-order valence-electron chi connectivity index (χ4n) is 1.52. The van der Waals surface area contributed by atoms with Gasteiger partial charge >= 0.3 is 0 Å². The zero-order valence-corrected chi connectivity index (χ0v) is 7.05. The summed E-state index contributed by atoms with van der Waals surface area (Å²) >= 11 is 0. The standard InChI is InChI=1S/C9H16O2/c1-3-9(2)7-11-6-8(9)4-5-10/h3,8,10H,1,4-7H2,2H3/t8-,9+/m0/s1. The van der Waals surface area contributed by atoms with Crippen LogP contribution in [0.1, 0.15) is 13.3 Å². The van der Waals surface area contributed by atoms with Crippen LogP contribution >= 0.6 is 0 Å². The second-order valence-corrected chi connectivity index (χ2v) is 3.43. The Morgan fingerprint density at radius 3 is 3.09 bits per heavy atom. The summed E-state index contributed by atoms with van der Waals surface area (Å²) in [7, 11) is 0. The molecule has 0 aliphatic carbocycles. The van der Waals surface area contributed by atoms with Crippen molar-refractivity contribution in [1.82, 2.24) is 0 Å². The van der Waals surface area contributed by atoms with Gasteiger partial charge in [0.2, 0.25) is 0 Å². The third-order valence-electron chi connectivity index (χ3n) is 2.61. The van der Waals surface area contributed by atoms with E-state index in [4.69, 9.17) is 9.84 Å². The summed E-state index contributed by atoms with van der Waals surface area (Å²) in [5, 5.41) is 8.76. The predicted octanol–water partition coefficient (Wildman–Crippen LogP) is 1.21. The first-order chi connectivity index (χ1) is 5.23. The maximum atomic E-state index is 8.76. The van der Waals surface area contributed by atoms with Gasteiger partial charge in [-0.2, -0.15) is 0 Å². The van der Waals surface area contributed by atoms with E-state index < -0.39 is 0 Å². The Morgan fingerprint density at radius 1 is 1.82 bits per heavy atom. The molecule has 0 spiro atoms. The Labute approximate surface area is 67.9 Å². The molecular weight excluding hydrogens is 140 g/mol. The Balaban J connectivity index is 2.56. The van der Waals surface area contributed by atoms with Crippen LogP contribution in [0.25, 0.3) is 0 Å². The Morgan fingerprint density at radius 2 is 2.55 bits per heavy atom. The van der Waals surface area contributed by atoms with Crippen LogP contribution < -0.4 is 0 Å². The molecule has 0 amide bonds. The molecule has 2 nitrogen and oxygen atoms in total. The van der Waals surface area contributed by atoms with E-state index >= 15 is 0 Å². The van der Waals surface area contributed by atoms with Gasteiger partial charge in [-0.15, -0.1) is 6.58 Å². The van der Waals surface area contributed by atoms with Crippen molar-refractivity contribution in [1.29, 1.82) is 0 Å². The molecule has 1 aliphatic rings. The molecule has 0 bridgehead atoms. The van der Waals surface area contributed by atoms with Gasteiger partial charge in [0.1, 0.15) is 0 Å². The van der Waals surface area contributed by atoms with Crippen molar-refractivity contribution in [3.63, 3.8) is 0 Å². The second kappa shape index (κ2) is 3.37. The molecule has 1 rings (SSSR count). The summed E-state index contributed by atoms with van der Waals surface area (Å²) in [6.07, 6.45) is 2.77. The summed E-state index contributed by atoms with van der Waals surface area (Å²) in [6, 6.07) is 0. The highest BCUT2D eigenvalue weighted by Gasteiger charge is 2.36. The molecule has 1 N–H and O–H groups in total. The zero-order valence-electron chi connectivity index (χ0n) is 7.05. The van der Waals surface area contributed by atoms with E-state index in [2.05, 4.69) is 13.5 Å². The highest BCUT2D eigenvalue weighted by Crippen LogP contribution is 2.36. The van der Waals surface area contributed by atoms with Crippen molar-refractivity contribution in [2.75, 3.05) is 19.8 Å². The molecule has 11 heavy (non-hydrogen) atoms. The van der Waals surface area contributed by atoms with Crippen molar-refractivity contribution < 1.29 is 9.84 Å². The highest BCUT2D eigenvalue weighted by atomic mass is 16.5. The Hall–Kier alpha value is -0.340. The van der Waals surface area contributed by atoms with Gasteiger partial charge in [0.25, 0.3) is 0 Å². The van der Waals surface area contributed by atoms with Crippen LogP contribution in [0.3, 0.4) is 0 Å². The van der Waals surface area contributed by atoms with E-state index in [-0.39, 0.29) is 12.0 Å². The van der Waals surface area contributed by atoms with E-state index in [9.17, 15) is 0 Å². The lowest BCUT2D eigenvalue weighted by Gasteiger charge is -2.24. The number of hydrogen-bond acceptors (Lipinski definition) is 2. The first-order valence-corrected chi connectivity index (χ1v) is 4.05. The minimum absolute atomic E-state index is 0.0860. The van der Waals surface area contributed by atoms with Crippen molar-refractivity contribution in [2.24, 2.45) is 11.3 Å². The molecule has 0 saturated carbocycles. The molecule has 2 heteroatoms. The molecular formula is C9H16O2. The van der Waals surface area contributed by atoms with Gasteiger partial charge in [0.05, 0.1) is 13.2 Å². The lowest BCUT2D eigenvalue weighted by molar-refractivity contribution is 0.171. The Bertz CT molecular complexity index is 144. The summed E-state index contributed by atoms with van der Waals surface area (Å²) in [5.41, 5.74) is 0.0860. The second-order valence-electron chi connectivity index (χ2n) is 3.43. The minimum atomic E-state index is 0.0860. The van der Waals surface area contributed by atoms with Crippen LogP contribution in [0.4, 0.5) is 0 Å². The fraction of sp³-hybridized carbons (Fsp3) is 0.778. The number of ether oxygens (including phenoxy) is 1. The van der Waals surface area contributed by atoms with Crippen LogP contribution in [0.2, 0.25) is 0 Å². The van der Waals surface area contributed by atoms with Crippen LogP contribution in [-0.4, -0.2) is 24.9 Å². The summed E-state index contributed by atoms with van der Waals surface area (Å²) in [6.45, 7) is 7.68. The van der Waals surface area contributed by atoms with E-state index in [1.165, 1.54) is 0 Å². The highest BCUT2D eigenvalue weighted by molar-refractivity contribution is 4.99. The molecule has 0 unspecified atom stereocenters. The average molecular weight is 156 g/mol. The van der Waals surface area contributed by atoms with Gasteiger partial charge in [0.15, 0.2) is 0 Å². The van der Waals surface area contributed by atoms with Gasteiger partial charge < -0.3 is 9.84 Å². The maximum absolute atomic E-state index is 8.76. The van der Waals surface area contributed by atoms with E-state index in [1.807, 2.05) is 6.08 Å². The molecule has 1 aliphatic heterocycles. The number of hydrogen-bond donors (Lipinski definition) is 1. The van der Waals surface area contributed by atoms with E-state index in [0.29, 0.717) is 5.92 Å². The number of aliphatic hydroxyl groups is 1. The van der Waals surface area contributed by atoms with Crippen LogP contribution in [0.15, 0.2) is 12.7 Å². The molecule has 1 fully saturated rings. The molecule has 1 heterocycles. The van der Waals surface area contributed by atoms with Gasteiger partial charge in [-0.1, -0.05) is 13.0 Å². The Kier molecular flexibility index (Phi) is 2.68. The normalized spacial score (nSPS) is 37.5. The maximum Gasteiger partial charge on any atom is 0.0557 e. The summed E-state index contributed by atoms with van der Waals surface area (Å²) in [5.74, 6) is 0.449.